The molecule has 146 valence electrons. The maximum absolute atomic E-state index is 12.1. The molecule has 1 heterocycles. The summed E-state index contributed by atoms with van der Waals surface area (Å²) >= 11 is 0. The van der Waals surface area contributed by atoms with Gasteiger partial charge in [0.2, 0.25) is 10.0 Å². The van der Waals surface area contributed by atoms with Gasteiger partial charge in [-0.15, -0.1) is 0 Å². The van der Waals surface area contributed by atoms with E-state index in [1.165, 1.54) is 5.56 Å². The summed E-state index contributed by atoms with van der Waals surface area (Å²) in [5.41, 5.74) is 2.35. The molecule has 0 spiro atoms. The Morgan fingerprint density at radius 3 is 2.85 bits per heavy atom. The van der Waals surface area contributed by atoms with Crippen molar-refractivity contribution in [1.29, 1.82) is 0 Å². The summed E-state index contributed by atoms with van der Waals surface area (Å²) < 4.78 is 32.4. The molecule has 0 amide bonds. The van der Waals surface area contributed by atoms with Gasteiger partial charge in [0, 0.05) is 33.3 Å². The Hall–Kier alpha value is -1.64. The van der Waals surface area contributed by atoms with E-state index in [1.807, 2.05) is 25.1 Å². The first-order valence-electron chi connectivity index (χ1n) is 9.07. The maximum atomic E-state index is 12.1. The summed E-state index contributed by atoms with van der Waals surface area (Å²) in [5, 5.41) is 6.22. The number of ether oxygens (including phenoxy) is 1. The highest BCUT2D eigenvalue weighted by atomic mass is 32.2. The molecule has 1 aliphatic heterocycles. The van der Waals surface area contributed by atoms with Crippen LogP contribution in [0, 0.1) is 6.92 Å². The number of guanidine groups is 1. The number of sulfonamides is 1. The number of rotatable bonds is 8. The Morgan fingerprint density at radius 2 is 2.15 bits per heavy atom. The fourth-order valence-corrected chi connectivity index (χ4v) is 3.75. The van der Waals surface area contributed by atoms with Crippen LogP contribution in [0.1, 0.15) is 30.4 Å². The lowest BCUT2D eigenvalue weighted by molar-refractivity contribution is 0.0200. The van der Waals surface area contributed by atoms with Gasteiger partial charge in [0.1, 0.15) is 0 Å². The Morgan fingerprint density at radius 1 is 1.31 bits per heavy atom. The smallest absolute Gasteiger partial charge is 0.213 e. The van der Waals surface area contributed by atoms with Crippen molar-refractivity contribution in [1.82, 2.24) is 15.4 Å². The number of hydrogen-bond donors (Lipinski definition) is 3. The van der Waals surface area contributed by atoms with Gasteiger partial charge in [-0.25, -0.2) is 13.1 Å². The molecule has 1 unspecified atom stereocenters. The number of benzene rings is 1. The average Bonchev–Trinajstić information content (AvgIpc) is 2.64. The topological polar surface area (TPSA) is 91.8 Å². The molecule has 1 aromatic rings. The summed E-state index contributed by atoms with van der Waals surface area (Å²) in [5.74, 6) is 0.572. The molecule has 3 N–H and O–H groups in total. The second kappa shape index (κ2) is 10.5. The molecule has 0 saturated carbocycles. The molecule has 26 heavy (non-hydrogen) atoms. The van der Waals surface area contributed by atoms with E-state index in [4.69, 9.17) is 4.74 Å². The molecular formula is C18H30N4O3S. The molecule has 1 fully saturated rings. The van der Waals surface area contributed by atoms with Crippen LogP contribution in [0.25, 0.3) is 0 Å². The highest BCUT2D eigenvalue weighted by molar-refractivity contribution is 7.89. The zero-order valence-electron chi connectivity index (χ0n) is 15.6. The van der Waals surface area contributed by atoms with Crippen molar-refractivity contribution in [2.45, 2.75) is 38.8 Å². The molecule has 0 radical (unpaired) electrons. The second-order valence-corrected chi connectivity index (χ2v) is 8.42. The number of aliphatic imine (C=N–C) groups is 1. The largest absolute Gasteiger partial charge is 0.377 e. The van der Waals surface area contributed by atoms with Crippen LogP contribution in [0.15, 0.2) is 29.3 Å². The van der Waals surface area contributed by atoms with Crippen molar-refractivity contribution in [2.24, 2.45) is 4.99 Å². The molecular weight excluding hydrogens is 352 g/mol. The van der Waals surface area contributed by atoms with E-state index in [0.717, 1.165) is 31.4 Å². The van der Waals surface area contributed by atoms with E-state index < -0.39 is 10.0 Å². The first-order valence-corrected chi connectivity index (χ1v) is 10.7. The minimum atomic E-state index is -3.33. The van der Waals surface area contributed by atoms with Gasteiger partial charge in [-0.3, -0.25) is 4.99 Å². The quantitative estimate of drug-likeness (QED) is 0.463. The fraction of sp³-hybridized carbons (Fsp3) is 0.611. The molecule has 1 aromatic carbocycles. The molecule has 0 aromatic heterocycles. The van der Waals surface area contributed by atoms with Crippen molar-refractivity contribution in [3.63, 3.8) is 0 Å². The third kappa shape index (κ3) is 7.72. The SMILES string of the molecule is CN=C(NCCS(=O)(=O)NCC1CCCCO1)NCc1cccc(C)c1. The van der Waals surface area contributed by atoms with Gasteiger partial charge in [-0.1, -0.05) is 29.8 Å². The highest BCUT2D eigenvalue weighted by Crippen LogP contribution is 2.11. The van der Waals surface area contributed by atoms with E-state index in [2.05, 4.69) is 26.4 Å². The van der Waals surface area contributed by atoms with Crippen LogP contribution >= 0.6 is 0 Å². The molecule has 8 heteroatoms. The van der Waals surface area contributed by atoms with Crippen molar-refractivity contribution >= 4 is 16.0 Å². The van der Waals surface area contributed by atoms with Crippen LogP contribution in [0.5, 0.6) is 0 Å². The van der Waals surface area contributed by atoms with Crippen molar-refractivity contribution < 1.29 is 13.2 Å². The number of hydrogen-bond acceptors (Lipinski definition) is 4. The summed E-state index contributed by atoms with van der Waals surface area (Å²) in [6.07, 6.45) is 3.06. The molecule has 1 saturated heterocycles. The average molecular weight is 383 g/mol. The molecule has 0 bridgehead atoms. The van der Waals surface area contributed by atoms with Crippen molar-refractivity contribution in [2.75, 3.05) is 32.5 Å². The lowest BCUT2D eigenvalue weighted by Gasteiger charge is -2.22. The Labute approximate surface area is 156 Å². The fourth-order valence-electron chi connectivity index (χ4n) is 2.79. The monoisotopic (exact) mass is 382 g/mol. The van der Waals surface area contributed by atoms with Crippen LogP contribution in [-0.2, 0) is 21.3 Å². The predicted octanol–water partition coefficient (Wildman–Crippen LogP) is 1.15. The Balaban J connectivity index is 1.68. The number of aryl methyl sites for hydroxylation is 1. The first kappa shape index (κ1) is 20.7. The number of nitrogens with one attached hydrogen (secondary N) is 3. The van der Waals surface area contributed by atoms with E-state index in [-0.39, 0.29) is 18.4 Å². The van der Waals surface area contributed by atoms with Gasteiger partial charge in [0.15, 0.2) is 5.96 Å². The van der Waals surface area contributed by atoms with E-state index >= 15 is 0 Å². The molecule has 7 nitrogen and oxygen atoms in total. The minimum absolute atomic E-state index is 0.00440. The Kier molecular flexibility index (Phi) is 8.34. The van der Waals surface area contributed by atoms with Crippen LogP contribution in [-0.4, -0.2) is 53.0 Å². The lowest BCUT2D eigenvalue weighted by Crippen LogP contribution is -2.42. The predicted molar refractivity (Wildman–Crippen MR) is 105 cm³/mol. The normalized spacial score (nSPS) is 18.5. The summed E-state index contributed by atoms with van der Waals surface area (Å²) in [7, 11) is -1.67. The summed E-state index contributed by atoms with van der Waals surface area (Å²) in [4.78, 5) is 4.12. The van der Waals surface area contributed by atoms with Gasteiger partial charge >= 0.3 is 0 Å². The zero-order chi connectivity index (χ0) is 18.8. The third-order valence-corrected chi connectivity index (χ3v) is 5.58. The number of nitrogens with zero attached hydrogens (tertiary/aromatic N) is 1. The van der Waals surface area contributed by atoms with Gasteiger partial charge in [0.05, 0.1) is 11.9 Å². The highest BCUT2D eigenvalue weighted by Gasteiger charge is 2.17. The maximum Gasteiger partial charge on any atom is 0.213 e. The first-order chi connectivity index (χ1) is 12.5. The van der Waals surface area contributed by atoms with Crippen LogP contribution < -0.4 is 15.4 Å². The van der Waals surface area contributed by atoms with E-state index in [0.29, 0.717) is 19.0 Å². The molecule has 2 rings (SSSR count). The van der Waals surface area contributed by atoms with Crippen molar-refractivity contribution in [3.8, 4) is 0 Å². The molecule has 0 aliphatic carbocycles. The Bertz CT molecular complexity index is 685. The van der Waals surface area contributed by atoms with E-state index in [9.17, 15) is 8.42 Å². The van der Waals surface area contributed by atoms with Gasteiger partial charge < -0.3 is 15.4 Å². The van der Waals surface area contributed by atoms with Gasteiger partial charge in [0.25, 0.3) is 0 Å². The van der Waals surface area contributed by atoms with Crippen LogP contribution in [0.4, 0.5) is 0 Å². The van der Waals surface area contributed by atoms with Crippen LogP contribution in [0.3, 0.4) is 0 Å². The standard InChI is InChI=1S/C18H30N4O3S/c1-15-6-5-7-16(12-15)13-21-18(19-2)20-9-11-26(23,24)22-14-17-8-3-4-10-25-17/h5-7,12,17,22H,3-4,8-11,13-14H2,1-2H3,(H2,19,20,21). The van der Waals surface area contributed by atoms with Gasteiger partial charge in [-0.2, -0.15) is 0 Å². The summed E-state index contributed by atoms with van der Waals surface area (Å²) in [6.45, 7) is 4.03. The van der Waals surface area contributed by atoms with Gasteiger partial charge in [-0.05, 0) is 31.7 Å². The summed E-state index contributed by atoms with van der Waals surface area (Å²) in [6, 6.07) is 8.20. The molecule has 1 aliphatic rings. The second-order valence-electron chi connectivity index (χ2n) is 6.50. The van der Waals surface area contributed by atoms with E-state index in [1.54, 1.807) is 7.05 Å². The van der Waals surface area contributed by atoms with Crippen LogP contribution in [0.2, 0.25) is 0 Å². The van der Waals surface area contributed by atoms with Crippen molar-refractivity contribution in [3.05, 3.63) is 35.4 Å². The minimum Gasteiger partial charge on any atom is -0.377 e. The zero-order valence-corrected chi connectivity index (χ0v) is 16.4. The molecule has 1 atom stereocenters. The lowest BCUT2D eigenvalue weighted by atomic mass is 10.1. The third-order valence-electron chi connectivity index (χ3n) is 4.23.